The monoisotopic (exact) mass is 1030 g/mol. The van der Waals surface area contributed by atoms with Crippen LogP contribution < -0.4 is 31.9 Å². The molecule has 0 spiro atoms. The highest BCUT2D eigenvalue weighted by molar-refractivity contribution is 6.30. The van der Waals surface area contributed by atoms with Crippen LogP contribution in [0.3, 0.4) is 0 Å². The van der Waals surface area contributed by atoms with Gasteiger partial charge in [0.05, 0.1) is 0 Å². The lowest BCUT2D eigenvalue weighted by atomic mass is 9.95. The van der Waals surface area contributed by atoms with E-state index in [4.69, 9.17) is 21.1 Å². The first-order chi connectivity index (χ1) is 34.7. The van der Waals surface area contributed by atoms with E-state index >= 15 is 4.79 Å². The van der Waals surface area contributed by atoms with Crippen molar-refractivity contribution in [2.75, 3.05) is 7.05 Å². The summed E-state index contributed by atoms with van der Waals surface area (Å²) in [6.45, 7) is 7.26. The zero-order valence-electron chi connectivity index (χ0n) is 41.7. The van der Waals surface area contributed by atoms with Crippen LogP contribution in [0.15, 0.2) is 84.9 Å². The highest BCUT2D eigenvalue weighted by atomic mass is 35.5. The minimum absolute atomic E-state index is 0.0286. The molecule has 3 aliphatic rings. The molecule has 2 heterocycles. The van der Waals surface area contributed by atoms with Gasteiger partial charge in [0, 0.05) is 24.9 Å². The number of likely N-dealkylation sites (N-methyl/N-ethyl adjacent to an activating group) is 1. The van der Waals surface area contributed by atoms with Crippen molar-refractivity contribution in [3.05, 3.63) is 107 Å². The molecular weight excluding hydrogens is 964 g/mol. The molecule has 8 amide bonds. The number of cyclic esters (lactones) is 1. The number of rotatable bonds is 13. The van der Waals surface area contributed by atoms with Gasteiger partial charge in [0.1, 0.15) is 67.3 Å². The first-order valence-corrected chi connectivity index (χ1v) is 24.8. The zero-order valence-corrected chi connectivity index (χ0v) is 42.4. The van der Waals surface area contributed by atoms with Gasteiger partial charge >= 0.3 is 12.1 Å². The molecule has 6 rings (SSSR count). The lowest BCUT2D eigenvalue weighted by Gasteiger charge is -2.43. The molecule has 0 aromatic heterocycles. The molecule has 20 nitrogen and oxygen atoms in total. The molecule has 1 aliphatic carbocycles. The van der Waals surface area contributed by atoms with E-state index in [0.717, 1.165) is 10.5 Å². The largest absolute Gasteiger partial charge is 0.458 e. The summed E-state index contributed by atoms with van der Waals surface area (Å²) >= 11 is 6.20. The Balaban J connectivity index is 1.31. The van der Waals surface area contributed by atoms with Gasteiger partial charge < -0.3 is 56.3 Å². The van der Waals surface area contributed by atoms with Crippen molar-refractivity contribution in [1.82, 2.24) is 41.7 Å². The summed E-state index contributed by atoms with van der Waals surface area (Å²) in [6.07, 6.45) is -3.07. The highest BCUT2D eigenvalue weighted by Gasteiger charge is 2.47. The van der Waals surface area contributed by atoms with Crippen LogP contribution in [0.1, 0.15) is 77.0 Å². The number of carbonyl (C=O) groups is 9. The first-order valence-electron chi connectivity index (χ1n) is 24.5. The number of halogens is 1. The van der Waals surface area contributed by atoms with E-state index in [1.54, 1.807) is 98.8 Å². The fourth-order valence-corrected chi connectivity index (χ4v) is 8.79. The normalized spacial score (nSPS) is 25.3. The maximum absolute atomic E-state index is 15.1. The Morgan fingerprint density at radius 1 is 0.712 bits per heavy atom. The van der Waals surface area contributed by atoms with E-state index in [2.05, 4.69) is 31.9 Å². The second kappa shape index (κ2) is 25.1. The van der Waals surface area contributed by atoms with E-state index in [0.29, 0.717) is 29.0 Å². The zero-order chi connectivity index (χ0) is 53.1. The number of alkyl carbamates (subject to hydrolysis) is 1. The smallest absolute Gasteiger partial charge is 0.408 e. The topological polar surface area (TPSA) is 271 Å². The van der Waals surface area contributed by atoms with Crippen molar-refractivity contribution in [2.45, 2.75) is 140 Å². The van der Waals surface area contributed by atoms with Gasteiger partial charge in [0.2, 0.25) is 41.4 Å². The fraction of sp³-hybridized carbons (Fsp3) is 0.481. The number of ether oxygens (including phenoxy) is 2. The third-order valence-electron chi connectivity index (χ3n) is 13.2. The fourth-order valence-electron chi connectivity index (χ4n) is 8.67. The van der Waals surface area contributed by atoms with Crippen LogP contribution in [0.2, 0.25) is 5.02 Å². The number of hydrogen-bond acceptors (Lipinski definition) is 12. The van der Waals surface area contributed by atoms with Gasteiger partial charge in [0.15, 0.2) is 0 Å². The van der Waals surface area contributed by atoms with Crippen molar-refractivity contribution < 1.29 is 57.7 Å². The molecule has 73 heavy (non-hydrogen) atoms. The van der Waals surface area contributed by atoms with E-state index in [9.17, 15) is 43.5 Å². The molecule has 3 aromatic carbocycles. The number of hydrogen-bond donors (Lipinski definition) is 7. The summed E-state index contributed by atoms with van der Waals surface area (Å²) in [7, 11) is 1.39. The molecule has 392 valence electrons. The third kappa shape index (κ3) is 14.8. The van der Waals surface area contributed by atoms with Crippen molar-refractivity contribution in [2.24, 2.45) is 11.8 Å². The molecule has 2 aliphatic heterocycles. The second-order valence-corrected chi connectivity index (χ2v) is 19.6. The van der Waals surface area contributed by atoms with E-state index in [1.807, 2.05) is 0 Å². The maximum atomic E-state index is 15.1. The van der Waals surface area contributed by atoms with Gasteiger partial charge in [-0.15, -0.1) is 0 Å². The quantitative estimate of drug-likeness (QED) is 0.121. The lowest BCUT2D eigenvalue weighted by Crippen LogP contribution is -2.65. The predicted molar refractivity (Wildman–Crippen MR) is 265 cm³/mol. The standard InChI is InChI=1S/C52H65ClN8O12/c1-28(2)41-51(70)73-31(5)42(58-45(64)29(3)54-44(63)30(4)55-52(71)72-27-34-15-11-8-12-16-34)47(66)59-43(35-19-20-35)48(67)56-37-23-24-40(62)61(49(37)68)39(26-33-17-21-36(53)22-18-33)50(69)60(6)38(46(65)57-41)25-32-13-9-7-10-14-32/h7-18,21-22,28-31,35,37-43,62H,19-20,23-27H2,1-6H3,(H,54,63)(H,55,71)(H,56,67)(H,57,65)(H,58,64)(H,59,66)/t29-,30?,31+,37-,38-,39-,40+,41-,42-,43-/m0/s1. The molecule has 2 saturated heterocycles. The molecule has 3 aromatic rings. The van der Waals surface area contributed by atoms with Crippen LogP contribution >= 0.6 is 11.6 Å². The van der Waals surface area contributed by atoms with Crippen LogP contribution in [0, 0.1) is 11.8 Å². The molecule has 1 unspecified atom stereocenters. The summed E-state index contributed by atoms with van der Waals surface area (Å²) in [4.78, 5) is 129. The maximum Gasteiger partial charge on any atom is 0.408 e. The summed E-state index contributed by atoms with van der Waals surface area (Å²) < 4.78 is 11.1. The Bertz CT molecular complexity index is 2480. The number of esters is 1. The molecule has 7 N–H and O–H groups in total. The third-order valence-corrected chi connectivity index (χ3v) is 13.4. The number of nitrogens with zero attached hydrogens (tertiary/aromatic N) is 2. The number of carbonyl (C=O) groups excluding carboxylic acids is 9. The minimum atomic E-state index is -1.70. The van der Waals surface area contributed by atoms with Gasteiger partial charge in [0.25, 0.3) is 0 Å². The molecule has 1 saturated carbocycles. The molecule has 10 atom stereocenters. The van der Waals surface area contributed by atoms with Crippen LogP contribution in [-0.4, -0.2) is 136 Å². The molecular formula is C52H65ClN8O12. The van der Waals surface area contributed by atoms with Crippen LogP contribution in [0.5, 0.6) is 0 Å². The Morgan fingerprint density at radius 2 is 1.30 bits per heavy atom. The summed E-state index contributed by atoms with van der Waals surface area (Å²) in [5, 5.41) is 27.6. The average Bonchev–Trinajstić information content (AvgIpc) is 4.21. The number of piperidine rings is 1. The van der Waals surface area contributed by atoms with Gasteiger partial charge in [-0.05, 0) is 87.1 Å². The van der Waals surface area contributed by atoms with Gasteiger partial charge in [-0.3, -0.25) is 33.6 Å². The Morgan fingerprint density at radius 3 is 1.92 bits per heavy atom. The minimum Gasteiger partial charge on any atom is -0.458 e. The van der Waals surface area contributed by atoms with Crippen LogP contribution in [-0.2, 0) is 67.3 Å². The summed E-state index contributed by atoms with van der Waals surface area (Å²) in [5.74, 6) is -7.70. The van der Waals surface area contributed by atoms with E-state index < -0.39 is 126 Å². The molecule has 2 bridgehead atoms. The lowest BCUT2D eigenvalue weighted by molar-refractivity contribution is -0.165. The Hall–Kier alpha value is -7.06. The summed E-state index contributed by atoms with van der Waals surface area (Å²) in [5.41, 5.74) is 1.94. The summed E-state index contributed by atoms with van der Waals surface area (Å²) in [6, 6.07) is 13.4. The first kappa shape index (κ1) is 55.3. The SMILES string of the molecule is CC(NC(=O)OCc1ccccc1)C(=O)N[C@@H](C)C(=O)N[C@@H]1C(=O)N[C@@H](C2CC2)C(=O)N[C@H]2CC[C@@H](O)N(C2=O)[C@@H](Cc2ccc(Cl)cc2)C(=O)N(C)[C@@H](Cc2ccccc2)C(=O)N[C@@H](C(C)C)C(=O)O[C@@H]1C. The molecule has 21 heteroatoms. The number of benzene rings is 3. The van der Waals surface area contributed by atoms with Crippen molar-refractivity contribution in [1.29, 1.82) is 0 Å². The van der Waals surface area contributed by atoms with E-state index in [-0.39, 0.29) is 32.3 Å². The molecule has 0 radical (unpaired) electrons. The van der Waals surface area contributed by atoms with Gasteiger partial charge in [-0.2, -0.15) is 0 Å². The predicted octanol–water partition coefficient (Wildman–Crippen LogP) is 2.03. The van der Waals surface area contributed by atoms with Crippen molar-refractivity contribution in [3.8, 4) is 0 Å². The van der Waals surface area contributed by atoms with Crippen LogP contribution in [0.25, 0.3) is 0 Å². The number of aliphatic hydroxyl groups is 1. The second-order valence-electron chi connectivity index (χ2n) is 19.2. The Labute approximate surface area is 429 Å². The highest BCUT2D eigenvalue weighted by Crippen LogP contribution is 2.33. The van der Waals surface area contributed by atoms with E-state index in [1.165, 1.54) is 32.7 Å². The van der Waals surface area contributed by atoms with Crippen molar-refractivity contribution >= 4 is 65.0 Å². The number of nitrogens with one attached hydrogen (secondary N) is 6. The number of fused-ring (bicyclic) bond motifs is 2. The van der Waals surface area contributed by atoms with Gasteiger partial charge in [-0.1, -0.05) is 98.2 Å². The number of amides is 8. The average molecular weight is 1030 g/mol. The molecule has 3 fully saturated rings. The number of aliphatic hydroxyl groups excluding tert-OH is 1. The van der Waals surface area contributed by atoms with Gasteiger partial charge in [-0.25, -0.2) is 9.59 Å². The van der Waals surface area contributed by atoms with Crippen LogP contribution in [0.4, 0.5) is 4.79 Å². The van der Waals surface area contributed by atoms with Crippen molar-refractivity contribution in [3.63, 3.8) is 0 Å². The Kier molecular flexibility index (Phi) is 19.0.